The molecular weight excluding hydrogens is 682 g/mol. The van der Waals surface area contributed by atoms with Crippen LogP contribution >= 0.6 is 0 Å². The average molecular weight is 730 g/mol. The van der Waals surface area contributed by atoms with E-state index in [0.717, 1.165) is 0 Å². The number of ether oxygens (including phenoxy) is 4. The van der Waals surface area contributed by atoms with Crippen molar-refractivity contribution >= 4 is 44.6 Å². The molecule has 2 fully saturated rings. The second-order valence-electron chi connectivity index (χ2n) is 15.4. The topological polar surface area (TPSA) is 192 Å². The number of fused-ring (bicyclic) bond motifs is 3. The van der Waals surface area contributed by atoms with E-state index in [0.29, 0.717) is 35.1 Å². The Kier molecular flexibility index (Phi) is 10.2. The molecule has 4 atom stereocenters. The maximum absolute atomic E-state index is 14.4. The Hall–Kier alpha value is -4.60. The van der Waals surface area contributed by atoms with Gasteiger partial charge in [-0.2, -0.15) is 0 Å². The quantitative estimate of drug-likeness (QED) is 0.288. The number of pyridine rings is 1. The zero-order valence-electron chi connectivity index (χ0n) is 30.0. The monoisotopic (exact) mass is 729 g/mol. The zero-order chi connectivity index (χ0) is 37.5. The van der Waals surface area contributed by atoms with Crippen LogP contribution < -0.4 is 29.6 Å². The van der Waals surface area contributed by atoms with E-state index in [1.54, 1.807) is 65.9 Å². The van der Waals surface area contributed by atoms with Crippen LogP contribution in [0.25, 0.3) is 10.8 Å². The van der Waals surface area contributed by atoms with Crippen molar-refractivity contribution in [3.8, 4) is 17.4 Å². The van der Waals surface area contributed by atoms with Crippen LogP contribution in [-0.4, -0.2) is 90.0 Å². The van der Waals surface area contributed by atoms with Gasteiger partial charge in [-0.15, -0.1) is 6.58 Å². The summed E-state index contributed by atoms with van der Waals surface area (Å²) in [4.78, 5) is 60.7. The van der Waals surface area contributed by atoms with Gasteiger partial charge >= 0.3 is 6.09 Å². The summed E-state index contributed by atoms with van der Waals surface area (Å²) in [5.74, 6) is -0.868. The molecule has 3 heterocycles. The summed E-state index contributed by atoms with van der Waals surface area (Å²) in [6, 6.07) is 2.96. The third-order valence-electron chi connectivity index (χ3n) is 8.79. The molecule has 16 heteroatoms. The number of likely N-dealkylation sites (tertiary alicyclic amines) is 1. The summed E-state index contributed by atoms with van der Waals surface area (Å²) in [7, 11) is -3.93. The number of hydrogen-bond donors (Lipinski definition) is 3. The van der Waals surface area contributed by atoms with E-state index < -0.39 is 73.8 Å². The van der Waals surface area contributed by atoms with E-state index in [1.807, 2.05) is 0 Å². The number of alkyl carbamates (subject to hydrolysis) is 1. The molecule has 1 saturated carbocycles. The third kappa shape index (κ3) is 8.48. The van der Waals surface area contributed by atoms with Gasteiger partial charge in [0.1, 0.15) is 29.3 Å². The lowest BCUT2D eigenvalue weighted by molar-refractivity contribution is -0.143. The summed E-state index contributed by atoms with van der Waals surface area (Å²) in [5.41, 5.74) is -3.40. The smallest absolute Gasteiger partial charge is 0.408 e. The molecule has 3 N–H and O–H groups in total. The van der Waals surface area contributed by atoms with Crippen LogP contribution in [0.3, 0.4) is 0 Å². The number of amides is 4. The summed E-state index contributed by atoms with van der Waals surface area (Å²) in [6.45, 7) is 15.5. The number of carbonyl (C=O) groups excluding carboxylic acids is 4. The predicted octanol–water partition coefficient (Wildman–Crippen LogP) is 3.31. The van der Waals surface area contributed by atoms with Gasteiger partial charge < -0.3 is 34.5 Å². The van der Waals surface area contributed by atoms with Gasteiger partial charge in [0.15, 0.2) is 11.5 Å². The number of nitrogens with one attached hydrogen (secondary N) is 3. The van der Waals surface area contributed by atoms with Gasteiger partial charge in [-0.05, 0) is 70.6 Å². The number of rotatable bonds is 11. The fraction of sp³-hybridized carbons (Fsp3) is 0.571. The molecular formula is C35H47N5O10S. The van der Waals surface area contributed by atoms with Crippen LogP contribution in [0.4, 0.5) is 4.79 Å². The van der Waals surface area contributed by atoms with Crippen molar-refractivity contribution in [2.75, 3.05) is 13.3 Å². The highest BCUT2D eigenvalue weighted by Crippen LogP contribution is 2.41. The van der Waals surface area contributed by atoms with Crippen LogP contribution in [0.5, 0.6) is 17.4 Å². The highest BCUT2D eigenvalue weighted by molar-refractivity contribution is 7.91. The molecule has 3 aliphatic rings. The van der Waals surface area contributed by atoms with E-state index >= 15 is 0 Å². The molecule has 5 rings (SSSR count). The largest absolute Gasteiger partial charge is 0.472 e. The highest BCUT2D eigenvalue weighted by Gasteiger charge is 2.49. The molecule has 0 bridgehead atoms. The molecule has 1 aromatic carbocycles. The van der Waals surface area contributed by atoms with Gasteiger partial charge in [0.05, 0.1) is 11.8 Å². The average Bonchev–Trinajstić information content (AvgIpc) is 3.63. The van der Waals surface area contributed by atoms with E-state index in [4.69, 9.17) is 18.9 Å². The fourth-order valence-electron chi connectivity index (χ4n) is 6.01. The van der Waals surface area contributed by atoms with Crippen LogP contribution in [0, 0.1) is 5.41 Å². The van der Waals surface area contributed by atoms with Crippen molar-refractivity contribution in [3.05, 3.63) is 37.1 Å². The molecule has 15 nitrogen and oxygen atoms in total. The van der Waals surface area contributed by atoms with Crippen molar-refractivity contribution in [2.24, 2.45) is 5.41 Å². The van der Waals surface area contributed by atoms with Gasteiger partial charge in [-0.25, -0.2) is 18.2 Å². The van der Waals surface area contributed by atoms with Crippen LogP contribution in [0.15, 0.2) is 37.1 Å². The molecule has 0 unspecified atom stereocenters. The van der Waals surface area contributed by atoms with Gasteiger partial charge in [-0.1, -0.05) is 26.8 Å². The molecule has 0 spiro atoms. The zero-order valence-corrected chi connectivity index (χ0v) is 30.8. The van der Waals surface area contributed by atoms with Gasteiger partial charge in [-0.3, -0.25) is 19.1 Å². The minimum Gasteiger partial charge on any atom is -0.472 e. The number of nitrogens with zero attached hydrogens (tertiary/aromatic N) is 2. The molecule has 1 aliphatic carbocycles. The van der Waals surface area contributed by atoms with Gasteiger partial charge in [0.25, 0.3) is 5.91 Å². The number of sulfonamides is 1. The first kappa shape index (κ1) is 37.7. The molecule has 4 amide bonds. The number of benzene rings is 1. The van der Waals surface area contributed by atoms with Gasteiger partial charge in [0, 0.05) is 23.4 Å². The van der Waals surface area contributed by atoms with Crippen LogP contribution in [-0.2, 0) is 29.1 Å². The molecule has 51 heavy (non-hydrogen) atoms. The van der Waals surface area contributed by atoms with Crippen LogP contribution in [0.2, 0.25) is 0 Å². The lowest BCUT2D eigenvalue weighted by Gasteiger charge is -2.36. The fourth-order valence-corrected chi connectivity index (χ4v) is 7.42. The Labute approximate surface area is 297 Å². The van der Waals surface area contributed by atoms with Crippen molar-refractivity contribution in [2.45, 2.75) is 109 Å². The van der Waals surface area contributed by atoms with Gasteiger partial charge in [0.2, 0.25) is 34.5 Å². The summed E-state index contributed by atoms with van der Waals surface area (Å²) >= 11 is 0. The maximum atomic E-state index is 14.4. The lowest BCUT2D eigenvalue weighted by Crippen LogP contribution is -2.62. The van der Waals surface area contributed by atoms with Crippen molar-refractivity contribution in [1.29, 1.82) is 0 Å². The summed E-state index contributed by atoms with van der Waals surface area (Å²) < 4.78 is 50.4. The number of hydrogen-bond acceptors (Lipinski definition) is 11. The SMILES string of the molecule is C=CC[C@@](C)(NC(=O)[C@@H]1C[C@@H](Oc2nccc3c4c(ccc23)OCO4)CN1C(=O)[C@@H](NC(=O)OC(C)(C)C)C(C)(C)C)C(=O)NS(=O)(=O)C1CC1. The standard InChI is InChI=1S/C35H47N5O10S/c1-9-15-35(8,31(43)39-51(45,46)21-10-11-21)38-28(41)24-17-20(49-29-23-12-13-25-26(48-19-47-25)22(23)14-16-36-29)18-40(24)30(42)27(33(2,3)4)37-32(44)50-34(5,6)7/h9,12-14,16,20-21,24,27H,1,10-11,15,17-19H2,2-8H3,(H,37,44)(H,38,41)(H,39,43)/t20-,24+,27-,35-/m1/s1. The number of aromatic nitrogens is 1. The molecule has 278 valence electrons. The Balaban J connectivity index is 1.45. The Bertz CT molecular complexity index is 1830. The predicted molar refractivity (Wildman–Crippen MR) is 186 cm³/mol. The third-order valence-corrected chi connectivity index (χ3v) is 10.6. The van der Waals surface area contributed by atoms with E-state index in [9.17, 15) is 27.6 Å². The highest BCUT2D eigenvalue weighted by atomic mass is 32.2. The molecule has 1 saturated heterocycles. The minimum absolute atomic E-state index is 0.0182. The van der Waals surface area contributed by atoms with Crippen LogP contribution in [0.1, 0.15) is 74.1 Å². The molecule has 0 radical (unpaired) electrons. The van der Waals surface area contributed by atoms with E-state index in [-0.39, 0.29) is 32.1 Å². The van der Waals surface area contributed by atoms with E-state index in [2.05, 4.69) is 26.9 Å². The Morgan fingerprint density at radius 2 is 1.76 bits per heavy atom. The lowest BCUT2D eigenvalue weighted by atomic mass is 9.85. The first-order chi connectivity index (χ1) is 23.7. The first-order valence-corrected chi connectivity index (χ1v) is 18.4. The van der Waals surface area contributed by atoms with E-state index in [1.165, 1.54) is 17.9 Å². The maximum Gasteiger partial charge on any atom is 0.408 e. The van der Waals surface area contributed by atoms with Crippen molar-refractivity contribution in [1.82, 2.24) is 25.2 Å². The molecule has 2 aliphatic heterocycles. The molecule has 2 aromatic rings. The second kappa shape index (κ2) is 13.8. The minimum atomic E-state index is -3.93. The second-order valence-corrected chi connectivity index (χ2v) is 17.4. The first-order valence-electron chi connectivity index (χ1n) is 16.9. The van der Waals surface area contributed by atoms with Crippen molar-refractivity contribution in [3.63, 3.8) is 0 Å². The Morgan fingerprint density at radius 3 is 2.39 bits per heavy atom. The van der Waals surface area contributed by atoms with Crippen molar-refractivity contribution < 1.29 is 46.5 Å². The Morgan fingerprint density at radius 1 is 1.06 bits per heavy atom. The normalized spacial score (nSPS) is 20.6. The summed E-state index contributed by atoms with van der Waals surface area (Å²) in [6.07, 6.45) is 2.13. The molecule has 1 aromatic heterocycles. The number of carbonyl (C=O) groups is 4. The summed E-state index contributed by atoms with van der Waals surface area (Å²) in [5, 5.41) is 6.05.